The van der Waals surface area contributed by atoms with Crippen LogP contribution in [-0.4, -0.2) is 30.1 Å². The third-order valence-electron chi connectivity index (χ3n) is 3.14. The zero-order valence-electron chi connectivity index (χ0n) is 13.5. The van der Waals surface area contributed by atoms with Crippen molar-refractivity contribution in [2.75, 3.05) is 0 Å². The molecule has 0 atom stereocenters. The molecule has 22 heavy (non-hydrogen) atoms. The second-order valence-electron chi connectivity index (χ2n) is 7.19. The first-order valence-electron chi connectivity index (χ1n) is 6.71. The lowest BCUT2D eigenvalue weighted by atomic mass is 10.3. The summed E-state index contributed by atoms with van der Waals surface area (Å²) in [5.41, 5.74) is -5.43. The van der Waals surface area contributed by atoms with E-state index in [-0.39, 0.29) is 5.75 Å². The van der Waals surface area contributed by atoms with Gasteiger partial charge in [-0.05, 0) is 11.3 Å². The van der Waals surface area contributed by atoms with E-state index in [9.17, 15) is 21.6 Å². The van der Waals surface area contributed by atoms with E-state index in [1.165, 1.54) is 6.07 Å². The zero-order valence-corrected chi connectivity index (χ0v) is 16.3. The van der Waals surface area contributed by atoms with Crippen molar-refractivity contribution >= 4 is 36.6 Å². The molecule has 0 N–H and O–H groups in total. The van der Waals surface area contributed by atoms with Crippen molar-refractivity contribution in [1.29, 1.82) is 0 Å². The van der Waals surface area contributed by atoms with E-state index in [2.05, 4.69) is 23.8 Å². The van der Waals surface area contributed by atoms with E-state index >= 15 is 0 Å². The zero-order chi connectivity index (χ0) is 17.6. The van der Waals surface area contributed by atoms with Gasteiger partial charge in [-0.15, -0.1) is 0 Å². The van der Waals surface area contributed by atoms with Crippen LogP contribution in [0.2, 0.25) is 39.3 Å². The molecule has 0 fully saturated rings. The minimum absolute atomic E-state index is 0.210. The van der Waals surface area contributed by atoms with Crippen LogP contribution in [0.5, 0.6) is 5.75 Å². The summed E-state index contributed by atoms with van der Waals surface area (Å²) in [5, 5.41) is 1.64. The predicted octanol–water partition coefficient (Wildman–Crippen LogP) is 3.01. The number of hydrogen-bond acceptors (Lipinski definition) is 3. The minimum Gasteiger partial charge on any atom is -0.376 e. The first-order valence-corrected chi connectivity index (χ1v) is 15.1. The van der Waals surface area contributed by atoms with Crippen LogP contribution in [0.15, 0.2) is 18.2 Å². The molecule has 1 aromatic rings. The van der Waals surface area contributed by atoms with Crippen molar-refractivity contribution in [3.8, 4) is 5.75 Å². The van der Waals surface area contributed by atoms with E-state index in [0.29, 0.717) is 5.19 Å². The molecule has 0 radical (unpaired) electrons. The lowest BCUT2D eigenvalue weighted by Crippen LogP contribution is -2.46. The van der Waals surface area contributed by atoms with Crippen LogP contribution < -0.4 is 14.6 Å². The normalized spacial score (nSPS) is 14.0. The summed E-state index contributed by atoms with van der Waals surface area (Å²) < 4.78 is 64.5. The second kappa shape index (κ2) is 5.68. The van der Waals surface area contributed by atoms with Gasteiger partial charge >= 0.3 is 15.6 Å². The maximum atomic E-state index is 12.5. The van der Waals surface area contributed by atoms with Crippen molar-refractivity contribution in [2.24, 2.45) is 0 Å². The molecular weight excluding hydrogens is 349 g/mol. The highest BCUT2D eigenvalue weighted by molar-refractivity contribution is 7.88. The van der Waals surface area contributed by atoms with Crippen molar-refractivity contribution in [3.05, 3.63) is 18.2 Å². The van der Waals surface area contributed by atoms with E-state index in [4.69, 9.17) is 0 Å². The summed E-state index contributed by atoms with van der Waals surface area (Å²) in [6, 6.07) is 4.83. The molecule has 0 amide bonds. The van der Waals surface area contributed by atoms with Gasteiger partial charge in [0.1, 0.15) is 5.75 Å². The Hall–Kier alpha value is -0.806. The average molecular weight is 371 g/mol. The van der Waals surface area contributed by atoms with Crippen LogP contribution in [0.25, 0.3) is 0 Å². The fraction of sp³-hybridized carbons (Fsp3) is 0.538. The molecule has 3 nitrogen and oxygen atoms in total. The van der Waals surface area contributed by atoms with Crippen LogP contribution in [0, 0.1) is 0 Å². The molecule has 0 unspecified atom stereocenters. The largest absolute Gasteiger partial charge is 0.534 e. The van der Waals surface area contributed by atoms with Gasteiger partial charge in [0.15, 0.2) is 0 Å². The van der Waals surface area contributed by atoms with Gasteiger partial charge in [-0.1, -0.05) is 56.6 Å². The number of halogens is 3. The SMILES string of the molecule is C[Si](C)(C)c1ccc(OS(=O)(=O)C(F)(F)F)c([Si](C)(C)C)c1. The van der Waals surface area contributed by atoms with Crippen molar-refractivity contribution < 1.29 is 25.8 Å². The second-order valence-corrected chi connectivity index (χ2v) is 18.8. The van der Waals surface area contributed by atoms with Gasteiger partial charge < -0.3 is 4.18 Å². The maximum absolute atomic E-state index is 12.5. The molecule has 0 aliphatic rings. The topological polar surface area (TPSA) is 43.4 Å². The van der Waals surface area contributed by atoms with Crippen LogP contribution in [0.3, 0.4) is 0 Å². The van der Waals surface area contributed by atoms with Gasteiger partial charge in [0.2, 0.25) is 0 Å². The molecule has 0 aromatic heterocycles. The summed E-state index contributed by atoms with van der Waals surface area (Å²) in [6.45, 7) is 12.1. The smallest absolute Gasteiger partial charge is 0.376 e. The molecule has 0 saturated carbocycles. The van der Waals surface area contributed by atoms with Gasteiger partial charge in [0.05, 0.1) is 16.1 Å². The summed E-state index contributed by atoms with van der Waals surface area (Å²) in [6.07, 6.45) is 0. The van der Waals surface area contributed by atoms with Gasteiger partial charge in [0, 0.05) is 0 Å². The third-order valence-corrected chi connectivity index (χ3v) is 8.15. The first-order chi connectivity index (χ1) is 9.56. The Morgan fingerprint density at radius 3 is 1.82 bits per heavy atom. The first kappa shape index (κ1) is 19.2. The Balaban J connectivity index is 3.45. The molecule has 0 heterocycles. The molecule has 126 valence electrons. The monoisotopic (exact) mass is 370 g/mol. The molecular formula is C13H21F3O3SSi2. The molecule has 1 aromatic carbocycles. The van der Waals surface area contributed by atoms with Gasteiger partial charge in [0.25, 0.3) is 0 Å². The molecule has 1 rings (SSSR count). The Bertz CT molecular complexity index is 657. The molecule has 9 heteroatoms. The number of rotatable bonds is 4. The maximum Gasteiger partial charge on any atom is 0.534 e. The van der Waals surface area contributed by atoms with Crippen LogP contribution in [0.1, 0.15) is 0 Å². The lowest BCUT2D eigenvalue weighted by Gasteiger charge is -2.25. The molecule has 0 saturated heterocycles. The Labute approximate surface area is 131 Å². The lowest BCUT2D eigenvalue weighted by molar-refractivity contribution is -0.0499. The van der Waals surface area contributed by atoms with E-state index in [1.54, 1.807) is 6.07 Å². The summed E-state index contributed by atoms with van der Waals surface area (Å²) in [7, 11) is -9.40. The highest BCUT2D eigenvalue weighted by atomic mass is 32.2. The standard InChI is InChI=1S/C13H21F3O3SSi2/c1-21(2,3)10-7-8-11(12(9-10)22(4,5)6)19-20(17,18)13(14,15)16/h7-9H,1-6H3. The summed E-state index contributed by atoms with van der Waals surface area (Å²) in [5.74, 6) is -0.210. The minimum atomic E-state index is -5.65. The third kappa shape index (κ3) is 4.36. The van der Waals surface area contributed by atoms with Crippen LogP contribution >= 0.6 is 0 Å². The van der Waals surface area contributed by atoms with Crippen molar-refractivity contribution in [3.63, 3.8) is 0 Å². The Morgan fingerprint density at radius 2 is 1.45 bits per heavy atom. The molecule has 0 spiro atoms. The fourth-order valence-corrected chi connectivity index (χ4v) is 5.14. The number of alkyl halides is 3. The van der Waals surface area contributed by atoms with E-state index in [0.717, 1.165) is 5.19 Å². The quantitative estimate of drug-likeness (QED) is 0.465. The Morgan fingerprint density at radius 1 is 0.955 bits per heavy atom. The highest BCUT2D eigenvalue weighted by Crippen LogP contribution is 2.27. The van der Waals surface area contributed by atoms with E-state index < -0.39 is 31.8 Å². The van der Waals surface area contributed by atoms with E-state index in [1.807, 2.05) is 25.7 Å². The van der Waals surface area contributed by atoms with Crippen LogP contribution in [-0.2, 0) is 10.1 Å². The van der Waals surface area contributed by atoms with Gasteiger partial charge in [-0.3, -0.25) is 0 Å². The predicted molar refractivity (Wildman–Crippen MR) is 88.0 cm³/mol. The van der Waals surface area contributed by atoms with Gasteiger partial charge in [-0.25, -0.2) is 0 Å². The number of hydrogen-bond donors (Lipinski definition) is 0. The number of benzene rings is 1. The summed E-state index contributed by atoms with van der Waals surface area (Å²) >= 11 is 0. The van der Waals surface area contributed by atoms with Gasteiger partial charge in [-0.2, -0.15) is 21.6 Å². The molecule has 0 aliphatic carbocycles. The molecule has 0 bridgehead atoms. The van der Waals surface area contributed by atoms with Crippen molar-refractivity contribution in [2.45, 2.75) is 44.8 Å². The Kier molecular flexibility index (Phi) is 4.97. The average Bonchev–Trinajstić information content (AvgIpc) is 2.24. The highest BCUT2D eigenvalue weighted by Gasteiger charge is 2.49. The fourth-order valence-electron chi connectivity index (χ4n) is 1.82. The molecule has 0 aliphatic heterocycles. The van der Waals surface area contributed by atoms with Crippen molar-refractivity contribution in [1.82, 2.24) is 0 Å². The van der Waals surface area contributed by atoms with Crippen LogP contribution in [0.4, 0.5) is 13.2 Å². The summed E-state index contributed by atoms with van der Waals surface area (Å²) in [4.78, 5) is 0.